The second kappa shape index (κ2) is 16.7. The highest BCUT2D eigenvalue weighted by Crippen LogP contribution is 2.41. The maximum atomic E-state index is 11.7. The first-order valence-electron chi connectivity index (χ1n) is 18.0. The molecule has 284 valence electrons. The van der Waals surface area contributed by atoms with Crippen molar-refractivity contribution in [3.8, 4) is 16.9 Å². The minimum Gasteiger partial charge on any atom is -0.748 e. The number of allylic oxidation sites excluding steroid dienone is 2. The molecule has 1 atom stereocenters. The number of fused-ring (bicyclic) bond motifs is 5. The third kappa shape index (κ3) is 10.1. The minimum atomic E-state index is -4.48. The van der Waals surface area contributed by atoms with E-state index in [-0.39, 0.29) is 25.9 Å². The van der Waals surface area contributed by atoms with Crippen LogP contribution in [0.1, 0.15) is 39.0 Å². The maximum Gasteiger partial charge on any atom is 0.374 e. The number of quaternary nitrogens is 2. The number of piperazine rings is 3. The van der Waals surface area contributed by atoms with Crippen LogP contribution in [-0.4, -0.2) is 82.8 Å². The summed E-state index contributed by atoms with van der Waals surface area (Å²) in [5.74, 6) is 0.877. The van der Waals surface area contributed by atoms with Crippen LogP contribution in [0.25, 0.3) is 28.3 Å². The van der Waals surface area contributed by atoms with Crippen molar-refractivity contribution in [1.82, 2.24) is 0 Å². The first-order chi connectivity index (χ1) is 25.3. The van der Waals surface area contributed by atoms with Crippen molar-refractivity contribution >= 4 is 54.7 Å². The van der Waals surface area contributed by atoms with Crippen molar-refractivity contribution < 1.29 is 49.5 Å². The highest BCUT2D eigenvalue weighted by molar-refractivity contribution is 7.86. The monoisotopic (exact) mass is 785 g/mol. The highest BCUT2D eigenvalue weighted by Gasteiger charge is 2.30. The molecule has 4 aliphatic heterocycles. The van der Waals surface area contributed by atoms with Gasteiger partial charge in [0.15, 0.2) is 12.3 Å². The molecule has 12 nitrogen and oxygen atoms in total. The largest absolute Gasteiger partial charge is 0.748 e. The lowest BCUT2D eigenvalue weighted by molar-refractivity contribution is -1.06. The Bertz CT molecular complexity index is 2180. The number of anilines is 1. The van der Waals surface area contributed by atoms with Crippen LogP contribution in [0, 0.1) is 0 Å². The van der Waals surface area contributed by atoms with Crippen molar-refractivity contribution in [3.05, 3.63) is 95.2 Å². The van der Waals surface area contributed by atoms with Crippen molar-refractivity contribution in [1.29, 1.82) is 0 Å². The summed E-state index contributed by atoms with van der Waals surface area (Å²) in [5, 5.41) is -0.626. The molecule has 0 spiro atoms. The van der Waals surface area contributed by atoms with Crippen LogP contribution in [0.2, 0.25) is 5.02 Å². The van der Waals surface area contributed by atoms with Crippen LogP contribution < -0.4 is 24.0 Å². The SMILES string of the molecule is C1C[NH+]2CC[NH+]1CC2.CCC(=C\c1oc2ccc(-c3ccccc3)cc2[n+]1CCC(C)S(=O)(=O)[O-])/C=C1/Oc2ccc(Cl)cc2N1CCCS(=O)(=O)[O-]. The molecule has 2 N–H and O–H groups in total. The molecule has 15 heteroatoms. The molecule has 1 aromatic heterocycles. The second-order valence-electron chi connectivity index (χ2n) is 13.8. The van der Waals surface area contributed by atoms with Crippen molar-refractivity contribution in [2.45, 2.75) is 44.9 Å². The Labute approximate surface area is 316 Å². The summed E-state index contributed by atoms with van der Waals surface area (Å²) in [5.41, 5.74) is 4.70. The highest BCUT2D eigenvalue weighted by atomic mass is 35.5. The van der Waals surface area contributed by atoms with Crippen LogP contribution in [0.15, 0.2) is 88.7 Å². The summed E-state index contributed by atoms with van der Waals surface area (Å²) in [7, 11) is -8.87. The molecule has 3 fully saturated rings. The first-order valence-corrected chi connectivity index (χ1v) is 21.4. The normalized spacial score (nSPS) is 19.9. The molecular weight excluding hydrogens is 740 g/mol. The average Bonchev–Trinajstić information content (AvgIpc) is 3.66. The molecule has 8 rings (SSSR count). The zero-order valence-corrected chi connectivity index (χ0v) is 32.3. The van der Waals surface area contributed by atoms with Gasteiger partial charge in [0.2, 0.25) is 11.5 Å². The first kappa shape index (κ1) is 38.9. The number of halogens is 1. The lowest BCUT2D eigenvalue weighted by Crippen LogP contribution is -3.35. The fourth-order valence-corrected chi connectivity index (χ4v) is 7.93. The predicted octanol–water partition coefficient (Wildman–Crippen LogP) is 2.62. The fourth-order valence-electron chi connectivity index (χ4n) is 6.89. The Morgan fingerprint density at radius 1 is 0.943 bits per heavy atom. The summed E-state index contributed by atoms with van der Waals surface area (Å²) in [6.45, 7) is 12.4. The lowest BCUT2D eigenvalue weighted by Gasteiger charge is -2.35. The summed E-state index contributed by atoms with van der Waals surface area (Å²) in [6.07, 6.45) is 4.34. The molecular formula is C38H46ClN4O8S2+. The number of nitrogens with zero attached hydrogens (tertiary/aromatic N) is 2. The molecule has 53 heavy (non-hydrogen) atoms. The molecule has 1 unspecified atom stereocenters. The van der Waals surface area contributed by atoms with Gasteiger partial charge in [0.1, 0.15) is 39.3 Å². The van der Waals surface area contributed by atoms with E-state index in [0.29, 0.717) is 40.2 Å². The zero-order valence-electron chi connectivity index (χ0n) is 29.9. The Balaban J connectivity index is 0.000000524. The van der Waals surface area contributed by atoms with E-state index in [0.717, 1.165) is 22.2 Å². The van der Waals surface area contributed by atoms with Gasteiger partial charge < -0.3 is 33.0 Å². The number of aryl methyl sites for hydroxylation is 1. The summed E-state index contributed by atoms with van der Waals surface area (Å²) >= 11 is 6.24. The predicted molar refractivity (Wildman–Crippen MR) is 202 cm³/mol. The van der Waals surface area contributed by atoms with E-state index in [1.807, 2.05) is 75.9 Å². The maximum absolute atomic E-state index is 11.7. The van der Waals surface area contributed by atoms with Crippen LogP contribution in [0.3, 0.4) is 0 Å². The Hall–Kier alpha value is -3.76. The van der Waals surface area contributed by atoms with Gasteiger partial charge in [-0.3, -0.25) is 0 Å². The van der Waals surface area contributed by atoms with E-state index in [1.165, 1.54) is 46.2 Å². The van der Waals surface area contributed by atoms with Gasteiger partial charge in [-0.1, -0.05) is 54.9 Å². The summed E-state index contributed by atoms with van der Waals surface area (Å²) in [4.78, 5) is 5.47. The molecule has 3 aromatic carbocycles. The molecule has 0 amide bonds. The number of rotatable bonds is 12. The van der Waals surface area contributed by atoms with Crippen LogP contribution in [0.5, 0.6) is 5.75 Å². The van der Waals surface area contributed by atoms with Gasteiger partial charge >= 0.3 is 5.89 Å². The van der Waals surface area contributed by atoms with Crippen molar-refractivity contribution in [3.63, 3.8) is 0 Å². The molecule has 3 saturated heterocycles. The Kier molecular flexibility index (Phi) is 12.3. The molecule has 0 aliphatic carbocycles. The third-order valence-electron chi connectivity index (χ3n) is 10.1. The van der Waals surface area contributed by atoms with E-state index in [1.54, 1.807) is 29.2 Å². The van der Waals surface area contributed by atoms with E-state index in [2.05, 4.69) is 0 Å². The molecule has 5 heterocycles. The van der Waals surface area contributed by atoms with Gasteiger partial charge in [0.05, 0.1) is 37.2 Å². The van der Waals surface area contributed by atoms with Crippen molar-refractivity contribution in [2.75, 3.05) is 56.5 Å². The van der Waals surface area contributed by atoms with Gasteiger partial charge in [0, 0.05) is 35.9 Å². The third-order valence-corrected chi connectivity index (χ3v) is 12.3. The number of aromatic nitrogens is 1. The topological polar surface area (TPSA) is 153 Å². The summed E-state index contributed by atoms with van der Waals surface area (Å²) in [6, 6.07) is 20.7. The van der Waals surface area contributed by atoms with Gasteiger partial charge in [-0.2, -0.15) is 4.57 Å². The average molecular weight is 786 g/mol. The van der Waals surface area contributed by atoms with Crippen LogP contribution in [0.4, 0.5) is 5.69 Å². The Morgan fingerprint density at radius 3 is 2.23 bits per heavy atom. The number of hydrogen-bond acceptors (Lipinski definition) is 9. The molecule has 4 aliphatic rings. The standard InChI is InChI=1S/C32H33ClN2O8S2.C6H12N2/c1-3-23(18-31-34(15-7-17-44(36,37)38)28-21-26(33)11-13-30(28)43-31)19-32-35(16-14-22(2)45(39,40)41)27-20-25(10-12-29(27)42-32)24-8-5-4-6-9-24;1-2-8-5-3-7(1)4-6-8/h4-6,8-13,18-22H,3,7,14-17H2,1-2H3,(H-,36,37,38,39,40,41);1-6H2/p+1. The molecule has 4 aromatic rings. The second-order valence-corrected chi connectivity index (χ2v) is 17.5. The quantitative estimate of drug-likeness (QED) is 0.163. The number of ether oxygens (including phenoxy) is 1. The number of oxazole rings is 1. The number of nitrogens with one attached hydrogen (secondary N) is 2. The molecule has 0 radical (unpaired) electrons. The van der Waals surface area contributed by atoms with E-state index < -0.39 is 31.2 Å². The van der Waals surface area contributed by atoms with Crippen molar-refractivity contribution in [2.24, 2.45) is 0 Å². The zero-order chi connectivity index (χ0) is 37.8. The smallest absolute Gasteiger partial charge is 0.374 e. The van der Waals surface area contributed by atoms with Gasteiger partial charge in [-0.15, -0.1) is 0 Å². The van der Waals surface area contributed by atoms with E-state index >= 15 is 0 Å². The fraction of sp³-hybridized carbons (Fsp3) is 0.395. The number of hydrogen-bond donors (Lipinski definition) is 2. The van der Waals surface area contributed by atoms with Gasteiger partial charge in [0.25, 0.3) is 5.52 Å². The van der Waals surface area contributed by atoms with E-state index in [4.69, 9.17) is 20.8 Å². The lowest BCUT2D eigenvalue weighted by atomic mass is 10.1. The van der Waals surface area contributed by atoms with Gasteiger partial charge in [-0.05, 0) is 60.7 Å². The Morgan fingerprint density at radius 2 is 1.62 bits per heavy atom. The minimum absolute atomic E-state index is 0.0811. The van der Waals surface area contributed by atoms with Gasteiger partial charge in [-0.25, -0.2) is 16.8 Å². The van der Waals surface area contributed by atoms with E-state index in [9.17, 15) is 25.9 Å². The molecule has 2 bridgehead atoms. The van der Waals surface area contributed by atoms with Crippen LogP contribution >= 0.6 is 11.6 Å². The number of benzene rings is 3. The summed E-state index contributed by atoms with van der Waals surface area (Å²) < 4.78 is 83.1. The van der Waals surface area contributed by atoms with Crippen LogP contribution in [-0.2, 0) is 26.8 Å². The molecule has 0 saturated carbocycles.